The number of hydrogen-bond donors (Lipinski definition) is 3. The highest BCUT2D eigenvalue weighted by molar-refractivity contribution is 7.90. The number of amides is 3. The minimum absolute atomic E-state index is 0.0619. The summed E-state index contributed by atoms with van der Waals surface area (Å²) in [4.78, 5) is 25.9. The molecule has 3 amide bonds. The van der Waals surface area contributed by atoms with Gasteiger partial charge in [-0.05, 0) is 57.2 Å². The summed E-state index contributed by atoms with van der Waals surface area (Å²) in [5.74, 6) is -0.939. The molecule has 5 N–H and O–H groups in total. The number of likely N-dealkylation sites (tertiary alicyclic amines) is 1. The molecule has 1 heterocycles. The first kappa shape index (κ1) is 30.8. The Morgan fingerprint density at radius 2 is 1.90 bits per heavy atom. The van der Waals surface area contributed by atoms with E-state index in [1.807, 2.05) is 20.8 Å². The Bertz CT molecular complexity index is 1340. The van der Waals surface area contributed by atoms with Crippen molar-refractivity contribution in [3.63, 3.8) is 0 Å². The van der Waals surface area contributed by atoms with Gasteiger partial charge in [-0.15, -0.1) is 4.72 Å². The summed E-state index contributed by atoms with van der Waals surface area (Å²) in [6.45, 7) is 5.49. The Kier molecular flexibility index (Phi) is 8.99. The van der Waals surface area contributed by atoms with Crippen LogP contribution < -0.4 is 16.2 Å². The number of nitrogens with zero attached hydrogens (tertiary/aromatic N) is 2. The third kappa shape index (κ3) is 6.21. The van der Waals surface area contributed by atoms with Crippen LogP contribution in [0.25, 0.3) is 0 Å². The number of benzene rings is 2. The van der Waals surface area contributed by atoms with Gasteiger partial charge in [-0.25, -0.2) is 9.18 Å². The summed E-state index contributed by atoms with van der Waals surface area (Å²) in [6.07, 6.45) is 2.61. The van der Waals surface area contributed by atoms with Crippen molar-refractivity contribution < 1.29 is 23.3 Å². The summed E-state index contributed by atoms with van der Waals surface area (Å²) in [7, 11) is 1.42. The maximum absolute atomic E-state index is 17.1. The lowest BCUT2D eigenvalue weighted by molar-refractivity contribution is -0.121. The predicted octanol–water partition coefficient (Wildman–Crippen LogP) is 3.88. The lowest BCUT2D eigenvalue weighted by Gasteiger charge is -2.39. The molecule has 4 rings (SSSR count). The highest BCUT2D eigenvalue weighted by Crippen LogP contribution is 2.46. The molecule has 11 heteroatoms. The minimum atomic E-state index is -1.63. The average molecular weight is 584 g/mol. The van der Waals surface area contributed by atoms with Gasteiger partial charge in [0.15, 0.2) is 0 Å². The first-order valence-corrected chi connectivity index (χ1v) is 14.9. The Morgan fingerprint density at radius 1 is 1.22 bits per heavy atom. The van der Waals surface area contributed by atoms with Crippen LogP contribution in [-0.2, 0) is 26.4 Å². The van der Waals surface area contributed by atoms with Gasteiger partial charge < -0.3 is 25.7 Å². The molecule has 1 aliphatic carbocycles. The molecule has 1 saturated carbocycles. The van der Waals surface area contributed by atoms with Crippen LogP contribution in [0, 0.1) is 23.1 Å². The highest BCUT2D eigenvalue weighted by Gasteiger charge is 2.50. The molecule has 220 valence electrons. The van der Waals surface area contributed by atoms with Gasteiger partial charge in [0.25, 0.3) is 0 Å². The molecule has 2 fully saturated rings. The standard InChI is InChI=1S/C30H38FN5O4S/c1-29(2,3)41(39)35-30(14-13-18-11-12-18,20-8-5-7-19(15-20)17-32)22-10-6-9-21(25(22)31)26-24(40-4)16-23(27(33)37)36(26)28(34)38/h5-10,15,18,23-24,26,35H,11-14,16H2,1-4H3,(H2,33,37)(H2,34,38). The van der Waals surface area contributed by atoms with Crippen LogP contribution in [0.5, 0.6) is 0 Å². The molecule has 41 heavy (non-hydrogen) atoms. The van der Waals surface area contributed by atoms with Gasteiger partial charge in [0.05, 0.1) is 23.8 Å². The summed E-state index contributed by atoms with van der Waals surface area (Å²) in [6, 6.07) is 10.9. The van der Waals surface area contributed by atoms with E-state index in [2.05, 4.69) is 10.8 Å². The largest absolute Gasteiger partial charge is 0.598 e. The Morgan fingerprint density at radius 3 is 2.46 bits per heavy atom. The number of carbonyl (C=O) groups excluding carboxylic acids is 2. The van der Waals surface area contributed by atoms with Crippen molar-refractivity contribution in [2.45, 2.75) is 81.3 Å². The molecule has 9 nitrogen and oxygen atoms in total. The van der Waals surface area contributed by atoms with E-state index in [0.717, 1.165) is 24.2 Å². The van der Waals surface area contributed by atoms with E-state index in [4.69, 9.17) is 16.2 Å². The number of halogens is 1. The van der Waals surface area contributed by atoms with E-state index in [1.165, 1.54) is 13.2 Å². The number of nitrogens with two attached hydrogens (primary N) is 2. The van der Waals surface area contributed by atoms with E-state index in [9.17, 15) is 19.4 Å². The maximum Gasteiger partial charge on any atom is 0.316 e. The number of rotatable bonds is 10. The van der Waals surface area contributed by atoms with Gasteiger partial charge in [-0.1, -0.05) is 43.2 Å². The van der Waals surface area contributed by atoms with E-state index in [-0.39, 0.29) is 17.5 Å². The van der Waals surface area contributed by atoms with Crippen molar-refractivity contribution in [1.82, 2.24) is 9.62 Å². The SMILES string of the molecule is COC1CC(C(N)=O)N(C(N)=O)C1c1cccc(C(CCC2CC2)(N[S+]([O-])C(C)(C)C)c2cccc(C#N)c2)c1F. The first-order chi connectivity index (χ1) is 19.3. The number of methoxy groups -OCH3 is 1. The smallest absolute Gasteiger partial charge is 0.316 e. The third-order valence-corrected chi connectivity index (χ3v) is 9.71. The maximum atomic E-state index is 17.1. The van der Waals surface area contributed by atoms with Gasteiger partial charge in [0.2, 0.25) is 5.91 Å². The van der Waals surface area contributed by atoms with E-state index >= 15 is 4.39 Å². The minimum Gasteiger partial charge on any atom is -0.598 e. The molecule has 0 spiro atoms. The second-order valence-corrected chi connectivity index (χ2v) is 13.9. The van der Waals surface area contributed by atoms with Gasteiger partial charge >= 0.3 is 6.03 Å². The van der Waals surface area contributed by atoms with E-state index in [1.54, 1.807) is 36.4 Å². The predicted molar refractivity (Wildman–Crippen MR) is 154 cm³/mol. The summed E-state index contributed by atoms with van der Waals surface area (Å²) in [5, 5.41) is 9.68. The zero-order valence-electron chi connectivity index (χ0n) is 23.9. The van der Waals surface area contributed by atoms with E-state index < -0.39 is 57.6 Å². The summed E-state index contributed by atoms with van der Waals surface area (Å²) < 4.78 is 39.0. The molecule has 0 bridgehead atoms. The second-order valence-electron chi connectivity index (χ2n) is 11.9. The topological polar surface area (TPSA) is 158 Å². The number of ether oxygens (including phenoxy) is 1. The first-order valence-electron chi connectivity index (χ1n) is 13.7. The molecule has 5 unspecified atom stereocenters. The van der Waals surface area contributed by atoms with Crippen LogP contribution in [0.3, 0.4) is 0 Å². The van der Waals surface area contributed by atoms with Gasteiger partial charge in [0.1, 0.15) is 22.1 Å². The lowest BCUT2D eigenvalue weighted by atomic mass is 9.77. The fourth-order valence-electron chi connectivity index (χ4n) is 5.65. The zero-order chi connectivity index (χ0) is 30.1. The number of hydrogen-bond acceptors (Lipinski definition) is 6. The highest BCUT2D eigenvalue weighted by atomic mass is 32.2. The number of urea groups is 1. The fraction of sp³-hybridized carbons (Fsp3) is 0.500. The molecule has 2 aromatic rings. The zero-order valence-corrected chi connectivity index (χ0v) is 24.7. The molecule has 5 atom stereocenters. The van der Waals surface area contributed by atoms with Crippen molar-refractivity contribution in [3.8, 4) is 6.07 Å². The van der Waals surface area contributed by atoms with Crippen LogP contribution in [-0.4, -0.2) is 45.4 Å². The molecule has 0 radical (unpaired) electrons. The van der Waals surface area contributed by atoms with Crippen molar-refractivity contribution in [2.75, 3.05) is 7.11 Å². The van der Waals surface area contributed by atoms with Crippen molar-refractivity contribution in [2.24, 2.45) is 17.4 Å². The molecule has 0 aromatic heterocycles. The third-order valence-electron chi connectivity index (χ3n) is 8.07. The fourth-order valence-corrected chi connectivity index (χ4v) is 6.61. The van der Waals surface area contributed by atoms with Gasteiger partial charge in [-0.2, -0.15) is 5.26 Å². The van der Waals surface area contributed by atoms with Crippen molar-refractivity contribution in [3.05, 3.63) is 70.5 Å². The summed E-state index contributed by atoms with van der Waals surface area (Å²) >= 11 is -1.63. The number of carbonyl (C=O) groups is 2. The quantitative estimate of drug-likeness (QED) is 0.360. The normalized spacial score (nSPS) is 23.0. The monoisotopic (exact) mass is 583 g/mol. The van der Waals surface area contributed by atoms with Crippen molar-refractivity contribution in [1.29, 1.82) is 5.26 Å². The average Bonchev–Trinajstić information content (AvgIpc) is 3.67. The number of nitriles is 1. The number of nitrogens with one attached hydrogen (secondary N) is 1. The van der Waals surface area contributed by atoms with Gasteiger partial charge in [0, 0.05) is 36.0 Å². The van der Waals surface area contributed by atoms with Gasteiger partial charge in [-0.3, -0.25) is 4.79 Å². The molecule has 2 aromatic carbocycles. The van der Waals surface area contributed by atoms with E-state index in [0.29, 0.717) is 23.5 Å². The molecular formula is C30H38FN5O4S. The Labute approximate surface area is 243 Å². The molecular weight excluding hydrogens is 545 g/mol. The van der Waals surface area contributed by atoms with Crippen LogP contribution in [0.2, 0.25) is 0 Å². The van der Waals surface area contributed by atoms with Crippen LogP contribution in [0.4, 0.5) is 9.18 Å². The van der Waals surface area contributed by atoms with Crippen molar-refractivity contribution >= 4 is 23.3 Å². The molecule has 1 aliphatic heterocycles. The number of primary amides is 2. The Hall–Kier alpha value is -3.17. The summed E-state index contributed by atoms with van der Waals surface area (Å²) in [5.41, 5.74) is 11.3. The van der Waals surface area contributed by atoms with Crippen LogP contribution in [0.1, 0.15) is 81.2 Å². The lowest BCUT2D eigenvalue weighted by Crippen LogP contribution is -2.53. The Balaban J connectivity index is 1.96. The molecule has 1 saturated heterocycles. The van der Waals surface area contributed by atoms with Crippen LogP contribution >= 0.6 is 0 Å². The molecule has 2 aliphatic rings. The second kappa shape index (κ2) is 12.0. The van der Waals surface area contributed by atoms with Crippen LogP contribution in [0.15, 0.2) is 42.5 Å².